The van der Waals surface area contributed by atoms with E-state index in [0.29, 0.717) is 18.8 Å². The van der Waals surface area contributed by atoms with E-state index >= 15 is 0 Å². The zero-order chi connectivity index (χ0) is 18.3. The molecule has 1 aromatic carbocycles. The lowest BCUT2D eigenvalue weighted by atomic mass is 9.76. The Bertz CT molecular complexity index is 622. The summed E-state index contributed by atoms with van der Waals surface area (Å²) in [7, 11) is 0. The minimum Gasteiger partial charge on any atom is -0.349 e. The van der Waals surface area contributed by atoms with Gasteiger partial charge in [0, 0.05) is 23.3 Å². The van der Waals surface area contributed by atoms with Crippen molar-refractivity contribution in [2.45, 2.75) is 69.8 Å². The Morgan fingerprint density at radius 2 is 1.88 bits per heavy atom. The third kappa shape index (κ3) is 3.75. The Morgan fingerprint density at radius 1 is 1.20 bits per heavy atom. The molecule has 1 aliphatic heterocycles. The fourth-order valence-electron chi connectivity index (χ4n) is 3.88. The van der Waals surface area contributed by atoms with E-state index in [1.54, 1.807) is 6.07 Å². The van der Waals surface area contributed by atoms with Gasteiger partial charge in [0.2, 0.25) is 0 Å². The zero-order valence-electron chi connectivity index (χ0n) is 15.7. The summed E-state index contributed by atoms with van der Waals surface area (Å²) in [5.41, 5.74) is 1.78. The van der Waals surface area contributed by atoms with E-state index in [-0.39, 0.29) is 17.2 Å². The number of benzene rings is 1. The molecular weight excluding hydrogens is 337 g/mol. The van der Waals surface area contributed by atoms with Gasteiger partial charge in [-0.25, -0.2) is 4.39 Å². The summed E-state index contributed by atoms with van der Waals surface area (Å²) >= 11 is 1.17. The van der Waals surface area contributed by atoms with Gasteiger partial charge >= 0.3 is 0 Å². The maximum atomic E-state index is 14.4. The highest BCUT2D eigenvalue weighted by atomic mass is 32.2. The Kier molecular flexibility index (Phi) is 5.24. The fraction of sp³-hybridized carbons (Fsp3) is 0.700. The van der Waals surface area contributed by atoms with Crippen LogP contribution in [0, 0.1) is 11.2 Å². The molecule has 140 valence electrons. The molecule has 5 heteroatoms. The van der Waals surface area contributed by atoms with Crippen LogP contribution >= 0.6 is 11.9 Å². The van der Waals surface area contributed by atoms with Crippen molar-refractivity contribution in [2.24, 2.45) is 10.6 Å². The first kappa shape index (κ1) is 19.2. The molecule has 0 bridgehead atoms. The van der Waals surface area contributed by atoms with Gasteiger partial charge in [0.25, 0.3) is 0 Å². The molecule has 1 spiro atoms. The van der Waals surface area contributed by atoms with Crippen LogP contribution in [0.5, 0.6) is 0 Å². The van der Waals surface area contributed by atoms with Gasteiger partial charge in [-0.3, -0.25) is 5.14 Å². The van der Waals surface area contributed by atoms with Crippen molar-refractivity contribution in [3.8, 4) is 0 Å². The Hall–Kier alpha value is -0.620. The fourth-order valence-corrected chi connectivity index (χ4v) is 4.17. The Labute approximate surface area is 155 Å². The van der Waals surface area contributed by atoms with Crippen molar-refractivity contribution >= 4 is 11.9 Å². The minimum atomic E-state index is -0.567. The average molecular weight is 368 g/mol. The van der Waals surface area contributed by atoms with Gasteiger partial charge in [0.05, 0.1) is 18.0 Å². The second-order valence-electron chi connectivity index (χ2n) is 8.72. The first-order valence-corrected chi connectivity index (χ1v) is 10.0. The molecule has 3 rings (SSSR count). The first-order valence-electron chi connectivity index (χ1n) is 9.15. The van der Waals surface area contributed by atoms with E-state index < -0.39 is 10.5 Å². The quantitative estimate of drug-likeness (QED) is 0.755. The molecule has 1 aromatic rings. The van der Waals surface area contributed by atoms with Gasteiger partial charge in [-0.1, -0.05) is 44.3 Å². The van der Waals surface area contributed by atoms with Gasteiger partial charge in [0.15, 0.2) is 5.79 Å². The third-order valence-corrected chi connectivity index (χ3v) is 6.36. The van der Waals surface area contributed by atoms with E-state index in [1.807, 2.05) is 26.0 Å². The van der Waals surface area contributed by atoms with Crippen LogP contribution in [0.4, 0.5) is 4.39 Å². The summed E-state index contributed by atoms with van der Waals surface area (Å²) in [5.74, 6) is -0.637. The zero-order valence-corrected chi connectivity index (χ0v) is 16.5. The molecule has 1 aliphatic carbocycles. The monoisotopic (exact) mass is 367 g/mol. The van der Waals surface area contributed by atoms with E-state index in [2.05, 4.69) is 13.8 Å². The lowest BCUT2D eigenvalue weighted by molar-refractivity contribution is -0.318. The molecule has 1 saturated heterocycles. The molecule has 1 atom stereocenters. The third-order valence-electron chi connectivity index (χ3n) is 5.55. The molecule has 2 fully saturated rings. The van der Waals surface area contributed by atoms with Gasteiger partial charge < -0.3 is 9.47 Å². The summed E-state index contributed by atoms with van der Waals surface area (Å²) in [4.78, 5) is 0. The number of hydrogen-bond acceptors (Lipinski definition) is 4. The van der Waals surface area contributed by atoms with Crippen molar-refractivity contribution < 1.29 is 13.9 Å². The lowest BCUT2D eigenvalue weighted by Gasteiger charge is -2.50. The number of ether oxygens (including phenoxy) is 2. The Balaban J connectivity index is 1.95. The van der Waals surface area contributed by atoms with Crippen LogP contribution in [0.15, 0.2) is 18.2 Å². The number of nitrogens with two attached hydrogens (primary N) is 1. The molecule has 25 heavy (non-hydrogen) atoms. The number of rotatable bonds is 3. The molecule has 0 amide bonds. The van der Waals surface area contributed by atoms with Crippen molar-refractivity contribution in [3.63, 3.8) is 0 Å². The van der Waals surface area contributed by atoms with Gasteiger partial charge in [0.1, 0.15) is 5.82 Å². The molecule has 3 nitrogen and oxygen atoms in total. The normalized spacial score (nSPS) is 25.9. The molecule has 2 aliphatic rings. The molecular formula is C20H30FNO2S. The standard InChI is InChI=1S/C20H30FNO2S/c1-18(2)12-23-20(24-13-18)10-6-5-7-15(20)14-8-9-17(21)16(11-14)19(3,4)25-22/h8-9,11,15H,5-7,10,12-13,22H2,1-4H3. The van der Waals surface area contributed by atoms with Crippen LogP contribution in [0.3, 0.4) is 0 Å². The SMILES string of the molecule is CC1(C)COC2(CCCCC2c2ccc(F)c(C(C)(C)SN)c2)OC1. The van der Waals surface area contributed by atoms with Crippen molar-refractivity contribution in [1.29, 1.82) is 0 Å². The van der Waals surface area contributed by atoms with Crippen LogP contribution in [-0.2, 0) is 14.2 Å². The smallest absolute Gasteiger partial charge is 0.175 e. The summed E-state index contributed by atoms with van der Waals surface area (Å²) < 4.78 is 26.6. The molecule has 1 unspecified atom stereocenters. The van der Waals surface area contributed by atoms with Crippen LogP contribution in [0.25, 0.3) is 0 Å². The summed E-state index contributed by atoms with van der Waals surface area (Å²) in [6, 6.07) is 5.43. The van der Waals surface area contributed by atoms with Crippen LogP contribution in [0.1, 0.15) is 70.4 Å². The first-order chi connectivity index (χ1) is 11.7. The van der Waals surface area contributed by atoms with Crippen molar-refractivity contribution in [3.05, 3.63) is 35.1 Å². The maximum Gasteiger partial charge on any atom is 0.175 e. The van der Waals surface area contributed by atoms with Crippen LogP contribution < -0.4 is 5.14 Å². The highest BCUT2D eigenvalue weighted by molar-refractivity contribution is 7.98. The van der Waals surface area contributed by atoms with E-state index in [0.717, 1.165) is 31.2 Å². The molecule has 0 aromatic heterocycles. The van der Waals surface area contributed by atoms with E-state index in [1.165, 1.54) is 11.9 Å². The summed E-state index contributed by atoms with van der Waals surface area (Å²) in [5, 5.41) is 5.80. The highest BCUT2D eigenvalue weighted by Crippen LogP contribution is 2.48. The molecule has 2 N–H and O–H groups in total. The van der Waals surface area contributed by atoms with E-state index in [4.69, 9.17) is 14.6 Å². The van der Waals surface area contributed by atoms with Crippen molar-refractivity contribution in [2.75, 3.05) is 13.2 Å². The topological polar surface area (TPSA) is 44.5 Å². The number of halogens is 1. The second-order valence-corrected chi connectivity index (χ2v) is 9.98. The second kappa shape index (κ2) is 6.84. The Morgan fingerprint density at radius 3 is 2.52 bits per heavy atom. The number of hydrogen-bond donors (Lipinski definition) is 1. The summed E-state index contributed by atoms with van der Waals surface area (Å²) in [6.07, 6.45) is 4.15. The molecule has 1 saturated carbocycles. The van der Waals surface area contributed by atoms with Gasteiger partial charge in [-0.2, -0.15) is 0 Å². The van der Waals surface area contributed by atoms with Crippen LogP contribution in [0.2, 0.25) is 0 Å². The van der Waals surface area contributed by atoms with Crippen molar-refractivity contribution in [1.82, 2.24) is 0 Å². The predicted molar refractivity (Wildman–Crippen MR) is 101 cm³/mol. The maximum absolute atomic E-state index is 14.4. The van der Waals surface area contributed by atoms with Crippen LogP contribution in [-0.4, -0.2) is 19.0 Å². The summed E-state index contributed by atoms with van der Waals surface area (Å²) in [6.45, 7) is 9.62. The van der Waals surface area contributed by atoms with E-state index in [9.17, 15) is 4.39 Å². The highest BCUT2D eigenvalue weighted by Gasteiger charge is 2.48. The average Bonchev–Trinajstić information content (AvgIpc) is 2.59. The predicted octanol–water partition coefficient (Wildman–Crippen LogP) is 5.09. The minimum absolute atomic E-state index is 0.0411. The van der Waals surface area contributed by atoms with Gasteiger partial charge in [-0.15, -0.1) is 0 Å². The van der Waals surface area contributed by atoms with Gasteiger partial charge in [-0.05, 0) is 38.3 Å². The molecule has 1 heterocycles. The lowest BCUT2D eigenvalue weighted by Crippen LogP contribution is -2.52. The molecule has 0 radical (unpaired) electrons. The largest absolute Gasteiger partial charge is 0.349 e.